The molecular weight excluding hydrogens is 176 g/mol. The van der Waals surface area contributed by atoms with Crippen molar-refractivity contribution in [2.24, 2.45) is 5.92 Å². The summed E-state index contributed by atoms with van der Waals surface area (Å²) < 4.78 is 0. The number of nitrogens with zero attached hydrogens (tertiary/aromatic N) is 2. The molecule has 0 unspecified atom stereocenters. The Kier molecular flexibility index (Phi) is 3.54. The van der Waals surface area contributed by atoms with Crippen LogP contribution in [-0.4, -0.2) is 43.4 Å². The number of carbonyl (C=O) groups excluding carboxylic acids is 1. The van der Waals surface area contributed by atoms with Gasteiger partial charge in [0, 0.05) is 6.54 Å². The number of piperidine rings is 1. The highest BCUT2D eigenvalue weighted by Crippen LogP contribution is 2.23. The molecule has 2 rings (SSSR count). The molecule has 1 atom stereocenters. The summed E-state index contributed by atoms with van der Waals surface area (Å²) >= 11 is 0. The van der Waals surface area contributed by atoms with Crippen LogP contribution in [0.25, 0.3) is 5.32 Å². The predicted octanol–water partition coefficient (Wildman–Crippen LogP) is 1.43. The van der Waals surface area contributed by atoms with Crippen LogP contribution in [0, 0.1) is 5.92 Å². The molecule has 2 heterocycles. The van der Waals surface area contributed by atoms with Crippen molar-refractivity contribution in [3.63, 3.8) is 0 Å². The molecule has 2 saturated heterocycles. The summed E-state index contributed by atoms with van der Waals surface area (Å²) in [6, 6.07) is 0.217. The summed E-state index contributed by atoms with van der Waals surface area (Å²) in [7, 11) is 0. The molecule has 0 spiro atoms. The second kappa shape index (κ2) is 4.89. The van der Waals surface area contributed by atoms with Crippen LogP contribution in [0.15, 0.2) is 0 Å². The standard InChI is InChI=1S/C11H19N2O/c14-9-11-2-1-7-13(11)8-10-3-5-12-6-4-10/h9-11H,1-8H2/q-1/t11-/m0/s1. The van der Waals surface area contributed by atoms with Gasteiger partial charge < -0.3 is 10.1 Å². The Hall–Kier alpha value is -0.410. The molecule has 0 bridgehead atoms. The van der Waals surface area contributed by atoms with Gasteiger partial charge >= 0.3 is 0 Å². The minimum Gasteiger partial charge on any atom is -0.662 e. The summed E-state index contributed by atoms with van der Waals surface area (Å²) in [5.74, 6) is 0.785. The Balaban J connectivity index is 1.80. The second-order valence-electron chi connectivity index (χ2n) is 4.45. The van der Waals surface area contributed by atoms with Gasteiger partial charge in [-0.05, 0) is 25.3 Å². The van der Waals surface area contributed by atoms with E-state index in [0.717, 1.165) is 44.8 Å². The summed E-state index contributed by atoms with van der Waals surface area (Å²) in [6.45, 7) is 4.31. The van der Waals surface area contributed by atoms with Gasteiger partial charge in [-0.1, -0.05) is 12.8 Å². The Bertz CT molecular complexity index is 190. The van der Waals surface area contributed by atoms with Gasteiger partial charge in [-0.2, -0.15) is 0 Å². The molecule has 3 heteroatoms. The molecule has 2 aliphatic rings. The molecule has 0 aromatic carbocycles. The summed E-state index contributed by atoms with van der Waals surface area (Å²) in [5, 5.41) is 4.35. The Morgan fingerprint density at radius 1 is 1.29 bits per heavy atom. The van der Waals surface area contributed by atoms with Gasteiger partial charge in [-0.3, -0.25) is 4.90 Å². The van der Waals surface area contributed by atoms with Crippen molar-refractivity contribution >= 4 is 6.29 Å². The summed E-state index contributed by atoms with van der Waals surface area (Å²) in [6.07, 6.45) is 5.84. The van der Waals surface area contributed by atoms with Gasteiger partial charge in [0.1, 0.15) is 6.29 Å². The van der Waals surface area contributed by atoms with Gasteiger partial charge in [-0.15, -0.1) is 13.1 Å². The van der Waals surface area contributed by atoms with Crippen molar-refractivity contribution in [1.29, 1.82) is 0 Å². The summed E-state index contributed by atoms with van der Waals surface area (Å²) in [4.78, 5) is 13.2. The lowest BCUT2D eigenvalue weighted by Crippen LogP contribution is -2.36. The number of likely N-dealkylation sites (tertiary alicyclic amines) is 1. The Morgan fingerprint density at radius 3 is 2.79 bits per heavy atom. The maximum absolute atomic E-state index is 10.8. The van der Waals surface area contributed by atoms with Crippen LogP contribution in [0.3, 0.4) is 0 Å². The number of hydrogen-bond acceptors (Lipinski definition) is 2. The molecule has 80 valence electrons. The van der Waals surface area contributed by atoms with Crippen molar-refractivity contribution < 1.29 is 4.79 Å². The zero-order valence-electron chi connectivity index (χ0n) is 8.69. The van der Waals surface area contributed by atoms with Crippen LogP contribution >= 0.6 is 0 Å². The maximum atomic E-state index is 10.8. The third-order valence-corrected chi connectivity index (χ3v) is 3.45. The molecule has 0 amide bonds. The van der Waals surface area contributed by atoms with E-state index < -0.39 is 0 Å². The highest BCUT2D eigenvalue weighted by Gasteiger charge is 2.25. The van der Waals surface area contributed by atoms with E-state index in [9.17, 15) is 4.79 Å². The van der Waals surface area contributed by atoms with Crippen molar-refractivity contribution in [3.8, 4) is 0 Å². The molecule has 0 N–H and O–H groups in total. The van der Waals surface area contributed by atoms with Crippen molar-refractivity contribution in [1.82, 2.24) is 4.90 Å². The van der Waals surface area contributed by atoms with Crippen LogP contribution in [0.4, 0.5) is 0 Å². The minimum absolute atomic E-state index is 0.217. The zero-order chi connectivity index (χ0) is 9.80. The fourth-order valence-electron chi connectivity index (χ4n) is 2.55. The number of carbonyl (C=O) groups is 1. The molecule has 0 aliphatic carbocycles. The number of aldehydes is 1. The molecule has 14 heavy (non-hydrogen) atoms. The van der Waals surface area contributed by atoms with Gasteiger partial charge in [0.25, 0.3) is 0 Å². The quantitative estimate of drug-likeness (QED) is 0.638. The topological polar surface area (TPSA) is 34.4 Å². The maximum Gasteiger partial charge on any atom is 0.137 e. The second-order valence-corrected chi connectivity index (χ2v) is 4.45. The van der Waals surface area contributed by atoms with Gasteiger partial charge in [0.15, 0.2) is 0 Å². The van der Waals surface area contributed by atoms with E-state index in [2.05, 4.69) is 10.2 Å². The first-order valence-corrected chi connectivity index (χ1v) is 5.73. The molecule has 3 nitrogen and oxygen atoms in total. The third-order valence-electron chi connectivity index (χ3n) is 3.45. The molecule has 2 aliphatic heterocycles. The first-order chi connectivity index (χ1) is 6.90. The zero-order valence-corrected chi connectivity index (χ0v) is 8.69. The average molecular weight is 195 g/mol. The Labute approximate surface area is 85.8 Å². The Morgan fingerprint density at radius 2 is 2.07 bits per heavy atom. The van der Waals surface area contributed by atoms with Crippen LogP contribution < -0.4 is 0 Å². The highest BCUT2D eigenvalue weighted by molar-refractivity contribution is 5.58. The van der Waals surface area contributed by atoms with E-state index in [-0.39, 0.29) is 6.04 Å². The summed E-state index contributed by atoms with van der Waals surface area (Å²) in [5.41, 5.74) is 0. The smallest absolute Gasteiger partial charge is 0.137 e. The molecular formula is C11H19N2O-. The number of hydrogen-bond donors (Lipinski definition) is 0. The lowest BCUT2D eigenvalue weighted by atomic mass is 9.97. The predicted molar refractivity (Wildman–Crippen MR) is 56.5 cm³/mol. The van der Waals surface area contributed by atoms with Crippen molar-refractivity contribution in [2.75, 3.05) is 26.2 Å². The van der Waals surface area contributed by atoms with E-state index in [0.29, 0.717) is 0 Å². The van der Waals surface area contributed by atoms with Crippen LogP contribution in [0.1, 0.15) is 25.7 Å². The third kappa shape index (κ3) is 2.34. The SMILES string of the molecule is O=C[C@@H]1CCCN1CC1CC[N-]CC1. The average Bonchev–Trinajstić information content (AvgIpc) is 2.67. The van der Waals surface area contributed by atoms with Crippen LogP contribution in [0.2, 0.25) is 0 Å². The molecule has 2 fully saturated rings. The van der Waals surface area contributed by atoms with Gasteiger partial charge in [0.2, 0.25) is 0 Å². The van der Waals surface area contributed by atoms with Crippen LogP contribution in [0.5, 0.6) is 0 Å². The first kappa shape index (κ1) is 10.1. The van der Waals surface area contributed by atoms with E-state index in [4.69, 9.17) is 0 Å². The fourth-order valence-corrected chi connectivity index (χ4v) is 2.55. The monoisotopic (exact) mass is 195 g/mol. The van der Waals surface area contributed by atoms with Crippen molar-refractivity contribution in [3.05, 3.63) is 5.32 Å². The van der Waals surface area contributed by atoms with E-state index >= 15 is 0 Å². The lowest BCUT2D eigenvalue weighted by molar-refractivity contribution is -0.111. The van der Waals surface area contributed by atoms with E-state index in [1.165, 1.54) is 19.3 Å². The lowest BCUT2D eigenvalue weighted by Gasteiger charge is -2.35. The molecule has 0 aromatic rings. The first-order valence-electron chi connectivity index (χ1n) is 5.73. The van der Waals surface area contributed by atoms with Gasteiger partial charge in [0.05, 0.1) is 6.04 Å². The fraction of sp³-hybridized carbons (Fsp3) is 0.909. The molecule has 0 aromatic heterocycles. The minimum atomic E-state index is 0.217. The van der Waals surface area contributed by atoms with Crippen LogP contribution in [-0.2, 0) is 4.79 Å². The normalized spacial score (nSPS) is 30.7. The van der Waals surface area contributed by atoms with E-state index in [1.54, 1.807) is 0 Å². The van der Waals surface area contributed by atoms with Gasteiger partial charge in [-0.25, -0.2) is 0 Å². The largest absolute Gasteiger partial charge is 0.662 e. The van der Waals surface area contributed by atoms with E-state index in [1.807, 2.05) is 0 Å². The molecule has 0 radical (unpaired) electrons. The molecule has 0 saturated carbocycles. The van der Waals surface area contributed by atoms with Crippen molar-refractivity contribution in [2.45, 2.75) is 31.7 Å². The number of rotatable bonds is 3. The highest BCUT2D eigenvalue weighted by atomic mass is 16.1.